The number of nitrogens with zero attached hydrogens (tertiary/aromatic N) is 2. The molecule has 2 aliphatic rings. The lowest BCUT2D eigenvalue weighted by molar-refractivity contribution is -0.144. The summed E-state index contributed by atoms with van der Waals surface area (Å²) in [5, 5.41) is 9.54. The molecule has 0 aromatic heterocycles. The van der Waals surface area contributed by atoms with Crippen LogP contribution in [0.5, 0.6) is 0 Å². The number of likely N-dealkylation sites (tertiary alicyclic amines) is 2. The molecule has 0 aliphatic carbocycles. The molecule has 1 aromatic carbocycles. The van der Waals surface area contributed by atoms with Gasteiger partial charge in [-0.25, -0.2) is 9.18 Å². The maximum Gasteiger partial charge on any atom is 0.326 e. The molecule has 2 aliphatic heterocycles. The number of aliphatic carboxylic acids is 1. The molecule has 6 heteroatoms. The number of benzene rings is 1. The molecule has 0 saturated carbocycles. The van der Waals surface area contributed by atoms with E-state index in [1.165, 1.54) is 29.2 Å². The van der Waals surface area contributed by atoms with E-state index in [0.29, 0.717) is 18.5 Å². The molecule has 2 heterocycles. The molecule has 1 N–H and O–H groups in total. The zero-order chi connectivity index (χ0) is 16.4. The highest BCUT2D eigenvalue weighted by Gasteiger charge is 2.38. The summed E-state index contributed by atoms with van der Waals surface area (Å²) in [7, 11) is 0. The van der Waals surface area contributed by atoms with Gasteiger partial charge in [0.2, 0.25) is 0 Å². The SMILES string of the molecule is O=C(O)C1CC(N2CCCC2)CCN1C(=O)c1ccc(F)cc1. The van der Waals surface area contributed by atoms with Crippen LogP contribution in [0.1, 0.15) is 36.0 Å². The molecular weight excluding hydrogens is 299 g/mol. The van der Waals surface area contributed by atoms with Gasteiger partial charge in [-0.1, -0.05) is 0 Å². The molecule has 124 valence electrons. The van der Waals surface area contributed by atoms with Crippen LogP contribution < -0.4 is 0 Å². The van der Waals surface area contributed by atoms with Gasteiger partial charge in [0.1, 0.15) is 11.9 Å². The molecule has 2 unspecified atom stereocenters. The van der Waals surface area contributed by atoms with Gasteiger partial charge < -0.3 is 14.9 Å². The van der Waals surface area contributed by atoms with Crippen molar-refractivity contribution in [2.75, 3.05) is 19.6 Å². The van der Waals surface area contributed by atoms with Crippen molar-refractivity contribution in [1.82, 2.24) is 9.80 Å². The lowest BCUT2D eigenvalue weighted by Gasteiger charge is -2.40. The maximum absolute atomic E-state index is 13.0. The highest BCUT2D eigenvalue weighted by molar-refractivity contribution is 5.96. The van der Waals surface area contributed by atoms with Crippen LogP contribution in [-0.4, -0.2) is 58.5 Å². The Morgan fingerprint density at radius 3 is 2.35 bits per heavy atom. The Kier molecular flexibility index (Phi) is 4.61. The molecular formula is C17H21FN2O3. The molecule has 23 heavy (non-hydrogen) atoms. The van der Waals surface area contributed by atoms with E-state index >= 15 is 0 Å². The number of carboxylic acids is 1. The van der Waals surface area contributed by atoms with Crippen molar-refractivity contribution in [1.29, 1.82) is 0 Å². The summed E-state index contributed by atoms with van der Waals surface area (Å²) >= 11 is 0. The Labute approximate surface area is 134 Å². The number of hydrogen-bond acceptors (Lipinski definition) is 3. The van der Waals surface area contributed by atoms with Gasteiger partial charge in [0.05, 0.1) is 0 Å². The van der Waals surface area contributed by atoms with Crippen molar-refractivity contribution in [3.05, 3.63) is 35.6 Å². The van der Waals surface area contributed by atoms with E-state index < -0.39 is 17.8 Å². The summed E-state index contributed by atoms with van der Waals surface area (Å²) < 4.78 is 13.0. The molecule has 2 atom stereocenters. The first-order chi connectivity index (χ1) is 11.1. The number of carboxylic acid groups (broad SMARTS) is 1. The molecule has 3 rings (SSSR count). The molecule has 1 amide bonds. The van der Waals surface area contributed by atoms with E-state index in [0.717, 1.165) is 32.4 Å². The van der Waals surface area contributed by atoms with E-state index in [9.17, 15) is 19.1 Å². The fourth-order valence-corrected chi connectivity index (χ4v) is 3.62. The average molecular weight is 320 g/mol. The third-order valence-electron chi connectivity index (χ3n) is 4.87. The van der Waals surface area contributed by atoms with Gasteiger partial charge in [0.25, 0.3) is 5.91 Å². The van der Waals surface area contributed by atoms with Crippen LogP contribution in [0.3, 0.4) is 0 Å². The second kappa shape index (κ2) is 6.66. The van der Waals surface area contributed by atoms with Crippen molar-refractivity contribution in [3.63, 3.8) is 0 Å². The van der Waals surface area contributed by atoms with Crippen LogP contribution in [0, 0.1) is 5.82 Å². The summed E-state index contributed by atoms with van der Waals surface area (Å²) in [6.45, 7) is 2.46. The Balaban J connectivity index is 1.74. The largest absolute Gasteiger partial charge is 0.480 e. The fourth-order valence-electron chi connectivity index (χ4n) is 3.62. The maximum atomic E-state index is 13.0. The van der Waals surface area contributed by atoms with Crippen LogP contribution in [-0.2, 0) is 4.79 Å². The normalized spacial score (nSPS) is 25.5. The lowest BCUT2D eigenvalue weighted by Crippen LogP contribution is -2.54. The Bertz CT molecular complexity index is 584. The average Bonchev–Trinajstić information content (AvgIpc) is 3.09. The minimum absolute atomic E-state index is 0.232. The Morgan fingerprint density at radius 1 is 1.09 bits per heavy atom. The first-order valence-electron chi connectivity index (χ1n) is 8.09. The van der Waals surface area contributed by atoms with Crippen molar-refractivity contribution in [3.8, 4) is 0 Å². The van der Waals surface area contributed by atoms with E-state index in [2.05, 4.69) is 4.90 Å². The second-order valence-corrected chi connectivity index (χ2v) is 6.28. The van der Waals surface area contributed by atoms with E-state index in [-0.39, 0.29) is 11.9 Å². The smallest absolute Gasteiger partial charge is 0.326 e. The van der Waals surface area contributed by atoms with Crippen LogP contribution >= 0.6 is 0 Å². The Hall–Kier alpha value is -1.95. The standard InChI is InChI=1S/C17H21FN2O3/c18-13-5-3-12(4-6-13)16(21)20-10-7-14(11-15(20)17(22)23)19-8-1-2-9-19/h3-6,14-15H,1-2,7-11H2,(H,22,23). The molecule has 5 nitrogen and oxygen atoms in total. The van der Waals surface area contributed by atoms with Crippen molar-refractivity contribution in [2.45, 2.75) is 37.8 Å². The molecule has 2 fully saturated rings. The quantitative estimate of drug-likeness (QED) is 0.925. The highest BCUT2D eigenvalue weighted by atomic mass is 19.1. The number of carbonyl (C=O) groups excluding carboxylic acids is 1. The predicted molar refractivity (Wildman–Crippen MR) is 82.7 cm³/mol. The van der Waals surface area contributed by atoms with Gasteiger partial charge in [0, 0.05) is 18.2 Å². The number of hydrogen-bond donors (Lipinski definition) is 1. The summed E-state index contributed by atoms with van der Waals surface area (Å²) in [4.78, 5) is 28.0. The number of carbonyl (C=O) groups is 2. The molecule has 2 saturated heterocycles. The van der Waals surface area contributed by atoms with Crippen LogP contribution in [0.25, 0.3) is 0 Å². The summed E-state index contributed by atoms with van der Waals surface area (Å²) in [5.41, 5.74) is 0.331. The van der Waals surface area contributed by atoms with Crippen molar-refractivity contribution < 1.29 is 19.1 Å². The van der Waals surface area contributed by atoms with Gasteiger partial charge in [-0.3, -0.25) is 4.79 Å². The lowest BCUT2D eigenvalue weighted by atomic mass is 9.95. The van der Waals surface area contributed by atoms with Crippen molar-refractivity contribution >= 4 is 11.9 Å². The van der Waals surface area contributed by atoms with E-state index in [4.69, 9.17) is 0 Å². The van der Waals surface area contributed by atoms with Gasteiger partial charge in [-0.15, -0.1) is 0 Å². The summed E-state index contributed by atoms with van der Waals surface area (Å²) in [6.07, 6.45) is 3.57. The van der Waals surface area contributed by atoms with Gasteiger partial charge in [-0.05, 0) is 63.0 Å². The number of halogens is 1. The van der Waals surface area contributed by atoms with Crippen LogP contribution in [0.4, 0.5) is 4.39 Å². The first-order valence-corrected chi connectivity index (χ1v) is 8.09. The van der Waals surface area contributed by atoms with Gasteiger partial charge >= 0.3 is 5.97 Å². The second-order valence-electron chi connectivity index (χ2n) is 6.28. The monoisotopic (exact) mass is 320 g/mol. The van der Waals surface area contributed by atoms with Gasteiger partial charge in [-0.2, -0.15) is 0 Å². The molecule has 0 radical (unpaired) electrons. The third-order valence-corrected chi connectivity index (χ3v) is 4.87. The topological polar surface area (TPSA) is 60.9 Å². The summed E-state index contributed by atoms with van der Waals surface area (Å²) in [5.74, 6) is -1.72. The highest BCUT2D eigenvalue weighted by Crippen LogP contribution is 2.26. The molecule has 1 aromatic rings. The third kappa shape index (κ3) is 3.37. The van der Waals surface area contributed by atoms with Crippen LogP contribution in [0.15, 0.2) is 24.3 Å². The van der Waals surface area contributed by atoms with Crippen molar-refractivity contribution in [2.24, 2.45) is 0 Å². The van der Waals surface area contributed by atoms with E-state index in [1.807, 2.05) is 0 Å². The zero-order valence-corrected chi connectivity index (χ0v) is 12.9. The zero-order valence-electron chi connectivity index (χ0n) is 12.9. The first kappa shape index (κ1) is 15.9. The van der Waals surface area contributed by atoms with Gasteiger partial charge in [0.15, 0.2) is 0 Å². The molecule has 0 spiro atoms. The number of rotatable bonds is 3. The minimum atomic E-state index is -0.968. The van der Waals surface area contributed by atoms with Crippen LogP contribution in [0.2, 0.25) is 0 Å². The van der Waals surface area contributed by atoms with E-state index in [1.54, 1.807) is 0 Å². The molecule has 0 bridgehead atoms. The fraction of sp³-hybridized carbons (Fsp3) is 0.529. The predicted octanol–water partition coefficient (Wildman–Crippen LogP) is 1.98. The number of piperidine rings is 1. The number of amides is 1. The Morgan fingerprint density at radius 2 is 1.74 bits per heavy atom. The minimum Gasteiger partial charge on any atom is -0.480 e. The summed E-state index contributed by atoms with van der Waals surface area (Å²) in [6, 6.07) is 4.68.